The van der Waals surface area contributed by atoms with E-state index in [1.807, 2.05) is 18.2 Å². The Morgan fingerprint density at radius 3 is 2.55 bits per heavy atom. The lowest BCUT2D eigenvalue weighted by Crippen LogP contribution is -2.52. The van der Waals surface area contributed by atoms with Crippen LogP contribution in [0, 0.1) is 5.92 Å². The van der Waals surface area contributed by atoms with Gasteiger partial charge in [-0.15, -0.1) is 24.0 Å². The van der Waals surface area contributed by atoms with Gasteiger partial charge < -0.3 is 20.1 Å². The second kappa shape index (κ2) is 14.2. The van der Waals surface area contributed by atoms with Crippen LogP contribution in [0.4, 0.5) is 0 Å². The van der Waals surface area contributed by atoms with Gasteiger partial charge in [-0.2, -0.15) is 0 Å². The van der Waals surface area contributed by atoms with Gasteiger partial charge in [0.2, 0.25) is 0 Å². The van der Waals surface area contributed by atoms with E-state index in [2.05, 4.69) is 55.4 Å². The third-order valence-corrected chi connectivity index (χ3v) is 4.97. The Kier molecular flexibility index (Phi) is 12.8. The summed E-state index contributed by atoms with van der Waals surface area (Å²) in [6.07, 6.45) is 0. The van der Waals surface area contributed by atoms with E-state index >= 15 is 0 Å². The van der Waals surface area contributed by atoms with Crippen LogP contribution >= 0.6 is 24.0 Å². The van der Waals surface area contributed by atoms with Crippen LogP contribution in [0.25, 0.3) is 0 Å². The first-order valence-corrected chi connectivity index (χ1v) is 10.5. The monoisotopic (exact) mass is 518 g/mol. The van der Waals surface area contributed by atoms with E-state index in [0.717, 1.165) is 58.5 Å². The summed E-state index contributed by atoms with van der Waals surface area (Å²) in [6.45, 7) is 16.2. The number of nitrogens with zero attached hydrogens (tertiary/aromatic N) is 2. The first-order chi connectivity index (χ1) is 13.5. The van der Waals surface area contributed by atoms with Gasteiger partial charge in [0.15, 0.2) is 5.96 Å². The summed E-state index contributed by atoms with van der Waals surface area (Å²) in [5, 5.41) is 6.81. The smallest absolute Gasteiger partial charge is 0.191 e. The Bertz CT molecular complexity index is 577. The maximum atomic E-state index is 5.85. The molecule has 166 valence electrons. The summed E-state index contributed by atoms with van der Waals surface area (Å²) >= 11 is 0. The van der Waals surface area contributed by atoms with Gasteiger partial charge >= 0.3 is 0 Å². The number of benzene rings is 1. The Morgan fingerprint density at radius 1 is 1.21 bits per heavy atom. The number of halogens is 1. The molecule has 0 aliphatic carbocycles. The molecule has 1 saturated heterocycles. The highest BCUT2D eigenvalue weighted by molar-refractivity contribution is 14.0. The van der Waals surface area contributed by atoms with E-state index in [-0.39, 0.29) is 29.5 Å². The third kappa shape index (κ3) is 10.1. The van der Waals surface area contributed by atoms with Gasteiger partial charge in [-0.3, -0.25) is 9.89 Å². The van der Waals surface area contributed by atoms with Gasteiger partial charge in [0.05, 0.1) is 33.0 Å². The van der Waals surface area contributed by atoms with Gasteiger partial charge in [0.25, 0.3) is 0 Å². The number of aliphatic imine (C=N–C) groups is 1. The standard InChI is InChI=1S/C22H38N4O2.HI/c1-5-23-21(25-18-22(3,4)26-11-13-27-14-12-26)24-15-19(2)16-28-17-20-9-7-6-8-10-20;/h6-10,19H,5,11-18H2,1-4H3,(H2,23,24,25);1H. The summed E-state index contributed by atoms with van der Waals surface area (Å²) in [4.78, 5) is 7.29. The van der Waals surface area contributed by atoms with Crippen LogP contribution in [0.5, 0.6) is 0 Å². The Hall–Kier alpha value is -0.900. The number of nitrogens with one attached hydrogen (secondary N) is 2. The second-order valence-corrected chi connectivity index (χ2v) is 8.09. The molecule has 1 unspecified atom stereocenters. The highest BCUT2D eigenvalue weighted by Crippen LogP contribution is 2.16. The molecule has 2 rings (SSSR count). The highest BCUT2D eigenvalue weighted by Gasteiger charge is 2.28. The quantitative estimate of drug-likeness (QED) is 0.283. The average molecular weight is 518 g/mol. The zero-order chi connectivity index (χ0) is 20.2. The molecule has 29 heavy (non-hydrogen) atoms. The molecule has 0 radical (unpaired) electrons. The van der Waals surface area contributed by atoms with Crippen molar-refractivity contribution >= 4 is 29.9 Å². The van der Waals surface area contributed by atoms with Crippen molar-refractivity contribution < 1.29 is 9.47 Å². The van der Waals surface area contributed by atoms with Crippen LogP contribution in [0.2, 0.25) is 0 Å². The van der Waals surface area contributed by atoms with Crippen molar-refractivity contribution in [2.24, 2.45) is 10.9 Å². The summed E-state index contributed by atoms with van der Waals surface area (Å²) in [6, 6.07) is 10.3. The van der Waals surface area contributed by atoms with Crippen molar-refractivity contribution in [2.45, 2.75) is 39.8 Å². The number of rotatable bonds is 10. The minimum atomic E-state index is 0. The summed E-state index contributed by atoms with van der Waals surface area (Å²) in [5.41, 5.74) is 1.24. The Balaban J connectivity index is 0.00000420. The van der Waals surface area contributed by atoms with E-state index < -0.39 is 0 Å². The van der Waals surface area contributed by atoms with Crippen molar-refractivity contribution in [3.05, 3.63) is 35.9 Å². The van der Waals surface area contributed by atoms with Crippen LogP contribution in [0.1, 0.15) is 33.3 Å². The predicted molar refractivity (Wildman–Crippen MR) is 131 cm³/mol. The van der Waals surface area contributed by atoms with Crippen molar-refractivity contribution in [1.29, 1.82) is 0 Å². The van der Waals surface area contributed by atoms with Gasteiger partial charge in [-0.25, -0.2) is 0 Å². The molecule has 0 saturated carbocycles. The van der Waals surface area contributed by atoms with Gasteiger partial charge in [-0.05, 0) is 32.3 Å². The molecule has 6 nitrogen and oxygen atoms in total. The van der Waals surface area contributed by atoms with Gasteiger partial charge in [-0.1, -0.05) is 37.3 Å². The van der Waals surface area contributed by atoms with E-state index in [1.54, 1.807) is 0 Å². The average Bonchev–Trinajstić information content (AvgIpc) is 2.71. The fourth-order valence-electron chi connectivity index (χ4n) is 3.16. The largest absolute Gasteiger partial charge is 0.379 e. The van der Waals surface area contributed by atoms with Crippen LogP contribution in [0.3, 0.4) is 0 Å². The molecule has 1 fully saturated rings. The summed E-state index contributed by atoms with van der Waals surface area (Å²) in [5.74, 6) is 1.28. The molecule has 0 bridgehead atoms. The summed E-state index contributed by atoms with van der Waals surface area (Å²) in [7, 11) is 0. The van der Waals surface area contributed by atoms with Gasteiger partial charge in [0, 0.05) is 31.7 Å². The molecular weight excluding hydrogens is 479 g/mol. The molecule has 1 aliphatic heterocycles. The van der Waals surface area contributed by atoms with Crippen molar-refractivity contribution in [1.82, 2.24) is 15.5 Å². The fraction of sp³-hybridized carbons (Fsp3) is 0.682. The Morgan fingerprint density at radius 2 is 1.90 bits per heavy atom. The van der Waals surface area contributed by atoms with Crippen LogP contribution < -0.4 is 10.6 Å². The van der Waals surface area contributed by atoms with Crippen molar-refractivity contribution in [3.8, 4) is 0 Å². The van der Waals surface area contributed by atoms with E-state index in [0.29, 0.717) is 12.5 Å². The van der Waals surface area contributed by atoms with Crippen LogP contribution in [-0.4, -0.2) is 68.9 Å². The minimum Gasteiger partial charge on any atom is -0.379 e. The fourth-order valence-corrected chi connectivity index (χ4v) is 3.16. The van der Waals surface area contributed by atoms with Crippen molar-refractivity contribution in [3.63, 3.8) is 0 Å². The number of hydrogen-bond donors (Lipinski definition) is 2. The molecule has 7 heteroatoms. The Labute approximate surface area is 193 Å². The molecule has 1 heterocycles. The second-order valence-electron chi connectivity index (χ2n) is 8.09. The van der Waals surface area contributed by atoms with E-state index in [4.69, 9.17) is 14.5 Å². The molecule has 2 N–H and O–H groups in total. The molecular formula is C22H39IN4O2. The van der Waals surface area contributed by atoms with Gasteiger partial charge in [0.1, 0.15) is 0 Å². The van der Waals surface area contributed by atoms with Crippen molar-refractivity contribution in [2.75, 3.05) is 52.5 Å². The number of guanidine groups is 1. The van der Waals surface area contributed by atoms with E-state index in [9.17, 15) is 0 Å². The maximum absolute atomic E-state index is 5.85. The molecule has 0 spiro atoms. The van der Waals surface area contributed by atoms with Crippen LogP contribution in [-0.2, 0) is 16.1 Å². The molecule has 0 aromatic heterocycles. The molecule has 1 atom stereocenters. The van der Waals surface area contributed by atoms with Crippen LogP contribution in [0.15, 0.2) is 35.3 Å². The zero-order valence-corrected chi connectivity index (χ0v) is 20.8. The lowest BCUT2D eigenvalue weighted by Gasteiger charge is -2.39. The lowest BCUT2D eigenvalue weighted by molar-refractivity contribution is -0.00684. The molecule has 1 aromatic carbocycles. The first-order valence-electron chi connectivity index (χ1n) is 10.5. The SMILES string of the molecule is CCNC(=NCC(C)(C)N1CCOCC1)NCC(C)COCc1ccccc1.I. The summed E-state index contributed by atoms with van der Waals surface area (Å²) < 4.78 is 11.3. The number of ether oxygens (including phenoxy) is 2. The molecule has 1 aliphatic rings. The van der Waals surface area contributed by atoms with E-state index in [1.165, 1.54) is 5.56 Å². The third-order valence-electron chi connectivity index (χ3n) is 4.97. The lowest BCUT2D eigenvalue weighted by atomic mass is 10.0. The number of morpholine rings is 1. The zero-order valence-electron chi connectivity index (χ0n) is 18.4. The normalized spacial score (nSPS) is 16.8. The number of hydrogen-bond acceptors (Lipinski definition) is 4. The highest BCUT2D eigenvalue weighted by atomic mass is 127. The maximum Gasteiger partial charge on any atom is 0.191 e. The topological polar surface area (TPSA) is 58.1 Å². The molecule has 0 amide bonds. The molecule has 1 aromatic rings. The predicted octanol–water partition coefficient (Wildman–Crippen LogP) is 3.12. The minimum absolute atomic E-state index is 0. The first kappa shape index (κ1) is 26.1.